The summed E-state index contributed by atoms with van der Waals surface area (Å²) in [7, 11) is 0. The van der Waals surface area contributed by atoms with Gasteiger partial charge in [-0.25, -0.2) is 4.79 Å². The van der Waals surface area contributed by atoms with E-state index in [0.29, 0.717) is 12.5 Å². The normalized spacial score (nSPS) is 43.5. The summed E-state index contributed by atoms with van der Waals surface area (Å²) >= 11 is 0. The van der Waals surface area contributed by atoms with E-state index in [0.717, 1.165) is 31.3 Å². The second-order valence-electron chi connectivity index (χ2n) is 8.41. The van der Waals surface area contributed by atoms with Crippen molar-refractivity contribution in [3.8, 4) is 0 Å². The molecule has 0 saturated heterocycles. The number of esters is 1. The summed E-state index contributed by atoms with van der Waals surface area (Å²) in [5.41, 5.74) is 2.75. The number of allylic oxidation sites excluding steroid dienone is 2. The summed E-state index contributed by atoms with van der Waals surface area (Å²) in [5.74, 6) is 0.672. The second kappa shape index (κ2) is 5.77. The topological polar surface area (TPSA) is 46.5 Å². The number of rotatable bonds is 3. The van der Waals surface area contributed by atoms with E-state index in [9.17, 15) is 9.90 Å². The van der Waals surface area contributed by atoms with E-state index in [1.807, 2.05) is 0 Å². The molecule has 0 amide bonds. The zero-order valence-corrected chi connectivity index (χ0v) is 14.9. The molecule has 0 spiro atoms. The molecule has 2 aliphatic carbocycles. The van der Waals surface area contributed by atoms with Crippen molar-refractivity contribution in [3.63, 3.8) is 0 Å². The van der Waals surface area contributed by atoms with Crippen LogP contribution in [0.5, 0.6) is 0 Å². The summed E-state index contributed by atoms with van der Waals surface area (Å²) in [6.07, 6.45) is 8.91. The molecule has 3 aliphatic rings. The maximum absolute atomic E-state index is 11.3. The number of carbonyl (C=O) groups excluding carboxylic acids is 1. The van der Waals surface area contributed by atoms with Crippen LogP contribution < -0.4 is 0 Å². The Morgan fingerprint density at radius 2 is 2.13 bits per heavy atom. The van der Waals surface area contributed by atoms with Crippen molar-refractivity contribution in [2.75, 3.05) is 6.61 Å². The lowest BCUT2D eigenvalue weighted by Crippen LogP contribution is -2.55. The van der Waals surface area contributed by atoms with Crippen LogP contribution in [0, 0.1) is 22.7 Å². The highest BCUT2D eigenvalue weighted by Gasteiger charge is 2.56. The molecule has 1 fully saturated rings. The molecule has 0 aromatic carbocycles. The minimum absolute atomic E-state index is 0.0917. The first-order chi connectivity index (χ1) is 10.8. The van der Waals surface area contributed by atoms with Gasteiger partial charge in [0.1, 0.15) is 6.61 Å². The fourth-order valence-corrected chi connectivity index (χ4v) is 5.41. The van der Waals surface area contributed by atoms with Crippen molar-refractivity contribution in [2.24, 2.45) is 22.7 Å². The smallest absolute Gasteiger partial charge is 0.331 e. The van der Waals surface area contributed by atoms with Gasteiger partial charge >= 0.3 is 5.97 Å². The van der Waals surface area contributed by atoms with Crippen LogP contribution in [0.2, 0.25) is 0 Å². The molecule has 1 heterocycles. The molecular formula is C20H30O3. The number of ether oxygens (including phenoxy) is 1. The number of cyclic esters (lactones) is 1. The largest absolute Gasteiger partial charge is 0.458 e. The standard InChI is InChI=1S/C20H30O3/c1-13-6-5-7-17-19(3,9-8-15-10-18(22)23-12-15)14(2)16(21)11-20(13,17)4/h6,10,14,16-17,21H,5,7-9,11-12H2,1-4H3. The van der Waals surface area contributed by atoms with E-state index < -0.39 is 0 Å². The van der Waals surface area contributed by atoms with Crippen molar-refractivity contribution in [3.05, 3.63) is 23.3 Å². The van der Waals surface area contributed by atoms with Gasteiger partial charge in [0.05, 0.1) is 6.10 Å². The number of hydrogen-bond donors (Lipinski definition) is 1. The van der Waals surface area contributed by atoms with Crippen LogP contribution in [0.3, 0.4) is 0 Å². The number of carbonyl (C=O) groups is 1. The van der Waals surface area contributed by atoms with Gasteiger partial charge in [0.15, 0.2) is 0 Å². The summed E-state index contributed by atoms with van der Waals surface area (Å²) in [6.45, 7) is 9.60. The fourth-order valence-electron chi connectivity index (χ4n) is 5.41. The maximum Gasteiger partial charge on any atom is 0.331 e. The minimum Gasteiger partial charge on any atom is -0.458 e. The van der Waals surface area contributed by atoms with Gasteiger partial charge in [-0.2, -0.15) is 0 Å². The third-order valence-electron chi connectivity index (χ3n) is 7.33. The van der Waals surface area contributed by atoms with Gasteiger partial charge in [-0.05, 0) is 67.3 Å². The highest BCUT2D eigenvalue weighted by atomic mass is 16.5. The third-order valence-corrected chi connectivity index (χ3v) is 7.33. The van der Waals surface area contributed by atoms with E-state index >= 15 is 0 Å². The van der Waals surface area contributed by atoms with E-state index in [4.69, 9.17) is 4.74 Å². The molecule has 0 aromatic heterocycles. The molecule has 3 rings (SSSR count). The van der Waals surface area contributed by atoms with Gasteiger partial charge in [-0.1, -0.05) is 32.4 Å². The summed E-state index contributed by atoms with van der Waals surface area (Å²) < 4.78 is 5.04. The van der Waals surface area contributed by atoms with Crippen LogP contribution in [-0.2, 0) is 9.53 Å². The molecule has 3 heteroatoms. The van der Waals surface area contributed by atoms with Gasteiger partial charge in [0.2, 0.25) is 0 Å². The molecule has 3 nitrogen and oxygen atoms in total. The minimum atomic E-state index is -0.252. The molecule has 1 aliphatic heterocycles. The summed E-state index contributed by atoms with van der Waals surface area (Å²) in [4.78, 5) is 11.3. The molecule has 128 valence electrons. The van der Waals surface area contributed by atoms with Crippen LogP contribution in [0.15, 0.2) is 23.3 Å². The highest BCUT2D eigenvalue weighted by molar-refractivity contribution is 5.85. The zero-order chi connectivity index (χ0) is 16.8. The maximum atomic E-state index is 11.3. The quantitative estimate of drug-likeness (QED) is 0.631. The average Bonchev–Trinajstić information content (AvgIpc) is 2.91. The Bertz CT molecular complexity index is 561. The molecule has 0 radical (unpaired) electrons. The number of hydrogen-bond acceptors (Lipinski definition) is 3. The van der Waals surface area contributed by atoms with Gasteiger partial charge in [0, 0.05) is 6.08 Å². The predicted molar refractivity (Wildman–Crippen MR) is 90.8 cm³/mol. The Morgan fingerprint density at radius 1 is 1.39 bits per heavy atom. The highest BCUT2D eigenvalue weighted by Crippen LogP contribution is 2.61. The van der Waals surface area contributed by atoms with E-state index in [2.05, 4.69) is 33.8 Å². The number of fused-ring (bicyclic) bond motifs is 1. The predicted octanol–water partition coefficient (Wildman–Crippen LogP) is 4.02. The molecule has 0 bridgehead atoms. The van der Waals surface area contributed by atoms with Gasteiger partial charge in [0.25, 0.3) is 0 Å². The van der Waals surface area contributed by atoms with Crippen LogP contribution in [0.4, 0.5) is 0 Å². The molecule has 23 heavy (non-hydrogen) atoms. The molecular weight excluding hydrogens is 288 g/mol. The fraction of sp³-hybridized carbons (Fsp3) is 0.750. The lowest BCUT2D eigenvalue weighted by atomic mass is 9.46. The monoisotopic (exact) mass is 318 g/mol. The van der Waals surface area contributed by atoms with E-state index in [-0.39, 0.29) is 28.8 Å². The second-order valence-corrected chi connectivity index (χ2v) is 8.41. The lowest BCUT2D eigenvalue weighted by Gasteiger charge is -2.59. The van der Waals surface area contributed by atoms with Crippen molar-refractivity contribution in [1.29, 1.82) is 0 Å². The van der Waals surface area contributed by atoms with Gasteiger partial charge < -0.3 is 9.84 Å². The first-order valence-corrected chi connectivity index (χ1v) is 8.99. The zero-order valence-electron chi connectivity index (χ0n) is 14.9. The summed E-state index contributed by atoms with van der Waals surface area (Å²) in [6, 6.07) is 0. The molecule has 1 saturated carbocycles. The van der Waals surface area contributed by atoms with Crippen molar-refractivity contribution >= 4 is 5.97 Å². The number of aliphatic hydroxyl groups excluding tert-OH is 1. The SMILES string of the molecule is CC1=CCCC2C1(C)CC(O)C(C)C2(C)CCC1=CC(=O)OC1. The van der Waals surface area contributed by atoms with E-state index in [1.165, 1.54) is 12.0 Å². The van der Waals surface area contributed by atoms with Crippen molar-refractivity contribution in [1.82, 2.24) is 0 Å². The van der Waals surface area contributed by atoms with Crippen LogP contribution in [-0.4, -0.2) is 23.8 Å². The van der Waals surface area contributed by atoms with E-state index in [1.54, 1.807) is 6.08 Å². The Morgan fingerprint density at radius 3 is 2.78 bits per heavy atom. The molecule has 5 unspecified atom stereocenters. The molecule has 5 atom stereocenters. The Kier molecular flexibility index (Phi) is 4.20. The van der Waals surface area contributed by atoms with Crippen LogP contribution >= 0.6 is 0 Å². The van der Waals surface area contributed by atoms with Crippen LogP contribution in [0.1, 0.15) is 59.8 Å². The van der Waals surface area contributed by atoms with Crippen molar-refractivity contribution in [2.45, 2.75) is 65.9 Å². The van der Waals surface area contributed by atoms with Crippen molar-refractivity contribution < 1.29 is 14.6 Å². The average molecular weight is 318 g/mol. The molecule has 1 N–H and O–H groups in total. The molecule has 0 aromatic rings. The first-order valence-electron chi connectivity index (χ1n) is 8.99. The lowest BCUT2D eigenvalue weighted by molar-refractivity contribution is -0.134. The van der Waals surface area contributed by atoms with Gasteiger partial charge in [-0.15, -0.1) is 0 Å². The Balaban J connectivity index is 1.86. The van der Waals surface area contributed by atoms with Crippen LogP contribution in [0.25, 0.3) is 0 Å². The third kappa shape index (κ3) is 2.67. The Labute approximate surface area is 139 Å². The van der Waals surface area contributed by atoms with Gasteiger partial charge in [-0.3, -0.25) is 0 Å². The number of aliphatic hydroxyl groups is 1. The summed E-state index contributed by atoms with van der Waals surface area (Å²) in [5, 5.41) is 10.7. The first kappa shape index (κ1) is 16.8. The Hall–Kier alpha value is -1.09.